The maximum absolute atomic E-state index is 13.5. The molecule has 9 nitrogen and oxygen atoms in total. The predicted octanol–water partition coefficient (Wildman–Crippen LogP) is 4.75. The van der Waals surface area contributed by atoms with Gasteiger partial charge in [0.25, 0.3) is 5.78 Å². The Labute approximate surface area is 223 Å². The third-order valence-electron chi connectivity index (χ3n) is 6.08. The molecule has 1 amide bonds. The van der Waals surface area contributed by atoms with Crippen LogP contribution in [0.1, 0.15) is 38.1 Å². The Balaban J connectivity index is 1.94. The van der Waals surface area contributed by atoms with E-state index in [1.807, 2.05) is 0 Å². The number of carbonyl (C=O) groups excluding carboxylic acids is 3. The summed E-state index contributed by atoms with van der Waals surface area (Å²) >= 11 is 0.922. The van der Waals surface area contributed by atoms with Crippen LogP contribution in [0.4, 0.5) is 5.13 Å². The lowest BCUT2D eigenvalue weighted by molar-refractivity contribution is -0.132. The molecule has 1 saturated heterocycles. The lowest BCUT2D eigenvalue weighted by Gasteiger charge is -2.24. The number of hydrogen-bond acceptors (Lipinski definition) is 9. The van der Waals surface area contributed by atoms with Gasteiger partial charge in [0.05, 0.1) is 25.5 Å². The monoisotopic (exact) mass is 534 g/mol. The topological polar surface area (TPSA) is 115 Å². The number of rotatable bonds is 8. The zero-order valence-electron chi connectivity index (χ0n) is 21.3. The maximum Gasteiger partial charge on any atom is 0.350 e. The molecular formula is C28H26N2O7S. The minimum atomic E-state index is -1.07. The van der Waals surface area contributed by atoms with Gasteiger partial charge in [-0.2, -0.15) is 0 Å². The molecule has 2 aromatic carbocycles. The largest absolute Gasteiger partial charge is 0.507 e. The standard InChI is InChI=1S/C28H26N2O7S/c1-6-13-37-27(34)25-16(3)29-28(38-25)30-22(19-9-7-8-10-20(19)36-5)21(24(32)26(30)33)23(31)18-12-11-17(35-4)14-15(18)2/h6-12,14,22,31H,1,13H2,2-5H3/b23-21+. The number of aryl methyl sites for hydroxylation is 2. The highest BCUT2D eigenvalue weighted by Crippen LogP contribution is 2.46. The Morgan fingerprint density at radius 2 is 1.89 bits per heavy atom. The van der Waals surface area contributed by atoms with E-state index >= 15 is 0 Å². The van der Waals surface area contributed by atoms with Crippen LogP contribution >= 0.6 is 11.3 Å². The highest BCUT2D eigenvalue weighted by Gasteiger charge is 2.49. The number of ether oxygens (including phenoxy) is 3. The van der Waals surface area contributed by atoms with E-state index < -0.39 is 23.7 Å². The fourth-order valence-corrected chi connectivity index (χ4v) is 5.25. The van der Waals surface area contributed by atoms with Gasteiger partial charge >= 0.3 is 11.9 Å². The second-order valence-corrected chi connectivity index (χ2v) is 9.37. The molecule has 1 N–H and O–H groups in total. The van der Waals surface area contributed by atoms with Crippen LogP contribution in [-0.4, -0.2) is 48.6 Å². The number of esters is 1. The zero-order valence-corrected chi connectivity index (χ0v) is 22.1. The van der Waals surface area contributed by atoms with Crippen LogP contribution in [0.25, 0.3) is 5.76 Å². The minimum Gasteiger partial charge on any atom is -0.507 e. The summed E-state index contributed by atoms with van der Waals surface area (Å²) < 4.78 is 15.9. The lowest BCUT2D eigenvalue weighted by atomic mass is 9.93. The molecule has 0 spiro atoms. The van der Waals surface area contributed by atoms with Crippen molar-refractivity contribution in [2.75, 3.05) is 25.7 Å². The third kappa shape index (κ3) is 4.66. The highest BCUT2D eigenvalue weighted by molar-refractivity contribution is 7.17. The number of benzene rings is 2. The fourth-order valence-electron chi connectivity index (χ4n) is 4.27. The predicted molar refractivity (Wildman–Crippen MR) is 143 cm³/mol. The molecule has 2 heterocycles. The van der Waals surface area contributed by atoms with Crippen molar-refractivity contribution in [2.24, 2.45) is 0 Å². The molecule has 10 heteroatoms. The van der Waals surface area contributed by atoms with Crippen molar-refractivity contribution >= 4 is 39.9 Å². The number of aromatic nitrogens is 1. The number of aliphatic hydroxyl groups is 1. The summed E-state index contributed by atoms with van der Waals surface area (Å²) in [7, 11) is 3.00. The van der Waals surface area contributed by atoms with Gasteiger partial charge in [-0.15, -0.1) is 0 Å². The number of ketones is 1. The van der Waals surface area contributed by atoms with Crippen LogP contribution in [0.5, 0.6) is 11.5 Å². The van der Waals surface area contributed by atoms with E-state index in [-0.39, 0.29) is 27.9 Å². The normalized spacial score (nSPS) is 16.4. The molecule has 0 aliphatic carbocycles. The van der Waals surface area contributed by atoms with E-state index in [0.717, 1.165) is 11.3 Å². The Hall–Kier alpha value is -4.44. The first-order valence-corrected chi connectivity index (χ1v) is 12.4. The number of anilines is 1. The van der Waals surface area contributed by atoms with Crippen molar-refractivity contribution in [3.8, 4) is 11.5 Å². The van der Waals surface area contributed by atoms with E-state index in [2.05, 4.69) is 11.6 Å². The molecule has 1 unspecified atom stereocenters. The SMILES string of the molecule is C=CCOC(=O)c1sc(N2C(=O)C(=O)/C(=C(/O)c3ccc(OC)cc3C)C2c2ccccc2OC)nc1C. The molecule has 1 aromatic heterocycles. The second-order valence-electron chi connectivity index (χ2n) is 8.39. The van der Waals surface area contributed by atoms with Crippen LogP contribution in [0.3, 0.4) is 0 Å². The van der Waals surface area contributed by atoms with Gasteiger partial charge in [-0.1, -0.05) is 42.2 Å². The maximum atomic E-state index is 13.5. The molecule has 1 fully saturated rings. The first-order valence-electron chi connectivity index (χ1n) is 11.6. The number of thiazole rings is 1. The van der Waals surface area contributed by atoms with E-state index in [1.165, 1.54) is 25.2 Å². The van der Waals surface area contributed by atoms with Crippen molar-refractivity contribution < 1.29 is 33.7 Å². The van der Waals surface area contributed by atoms with Gasteiger partial charge in [0.15, 0.2) is 5.13 Å². The number of para-hydroxylation sites is 1. The van der Waals surface area contributed by atoms with Crippen LogP contribution in [0.2, 0.25) is 0 Å². The summed E-state index contributed by atoms with van der Waals surface area (Å²) in [5.41, 5.74) is 1.68. The van der Waals surface area contributed by atoms with Crippen molar-refractivity contribution in [2.45, 2.75) is 19.9 Å². The smallest absolute Gasteiger partial charge is 0.350 e. The quantitative estimate of drug-likeness (QED) is 0.145. The molecular weight excluding hydrogens is 508 g/mol. The third-order valence-corrected chi connectivity index (χ3v) is 7.21. The first kappa shape index (κ1) is 26.6. The van der Waals surface area contributed by atoms with Crippen molar-refractivity contribution in [1.82, 2.24) is 4.98 Å². The number of amides is 1. The summed E-state index contributed by atoms with van der Waals surface area (Å²) in [5, 5.41) is 11.6. The number of aliphatic hydroxyl groups excluding tert-OH is 1. The van der Waals surface area contributed by atoms with E-state index in [1.54, 1.807) is 56.3 Å². The molecule has 196 valence electrons. The summed E-state index contributed by atoms with van der Waals surface area (Å²) in [5.74, 6) is -1.77. The molecule has 0 saturated carbocycles. The van der Waals surface area contributed by atoms with E-state index in [0.29, 0.717) is 33.9 Å². The van der Waals surface area contributed by atoms with Crippen LogP contribution in [-0.2, 0) is 14.3 Å². The molecule has 1 aliphatic rings. The number of methoxy groups -OCH3 is 2. The highest BCUT2D eigenvalue weighted by atomic mass is 32.1. The molecule has 4 rings (SSSR count). The number of nitrogens with zero attached hydrogens (tertiary/aromatic N) is 2. The molecule has 0 bridgehead atoms. The van der Waals surface area contributed by atoms with Gasteiger partial charge in [-0.05, 0) is 43.7 Å². The minimum absolute atomic E-state index is 0.0123. The van der Waals surface area contributed by atoms with E-state index in [9.17, 15) is 19.5 Å². The molecule has 0 radical (unpaired) electrons. The first-order chi connectivity index (χ1) is 18.2. The Morgan fingerprint density at radius 1 is 1.16 bits per heavy atom. The molecule has 1 aliphatic heterocycles. The summed E-state index contributed by atoms with van der Waals surface area (Å²) in [6.45, 7) is 6.92. The van der Waals surface area contributed by atoms with Crippen LogP contribution in [0, 0.1) is 13.8 Å². The van der Waals surface area contributed by atoms with Gasteiger partial charge in [-0.3, -0.25) is 14.5 Å². The average Bonchev–Trinajstić information content (AvgIpc) is 3.43. The molecule has 38 heavy (non-hydrogen) atoms. The van der Waals surface area contributed by atoms with Gasteiger partial charge < -0.3 is 19.3 Å². The Bertz CT molecular complexity index is 1470. The second kappa shape index (κ2) is 10.9. The molecule has 1 atom stereocenters. The summed E-state index contributed by atoms with van der Waals surface area (Å²) in [6.07, 6.45) is 1.44. The summed E-state index contributed by atoms with van der Waals surface area (Å²) in [4.78, 5) is 45.3. The Kier molecular flexibility index (Phi) is 7.63. The van der Waals surface area contributed by atoms with Gasteiger partial charge in [0, 0.05) is 11.1 Å². The molecule has 3 aromatic rings. The zero-order chi connectivity index (χ0) is 27.6. The van der Waals surface area contributed by atoms with Crippen LogP contribution in [0.15, 0.2) is 60.7 Å². The average molecular weight is 535 g/mol. The summed E-state index contributed by atoms with van der Waals surface area (Å²) in [6, 6.07) is 10.8. The Morgan fingerprint density at radius 3 is 2.55 bits per heavy atom. The van der Waals surface area contributed by atoms with Crippen molar-refractivity contribution in [3.05, 3.63) is 88.0 Å². The van der Waals surface area contributed by atoms with E-state index in [4.69, 9.17) is 14.2 Å². The number of carbonyl (C=O) groups is 3. The lowest BCUT2D eigenvalue weighted by Crippen LogP contribution is -2.29. The van der Waals surface area contributed by atoms with Crippen molar-refractivity contribution in [1.29, 1.82) is 0 Å². The number of hydrogen-bond donors (Lipinski definition) is 1. The van der Waals surface area contributed by atoms with Gasteiger partial charge in [0.1, 0.15) is 34.8 Å². The van der Waals surface area contributed by atoms with Crippen LogP contribution < -0.4 is 14.4 Å². The van der Waals surface area contributed by atoms with Gasteiger partial charge in [-0.25, -0.2) is 9.78 Å². The fraction of sp³-hybridized carbons (Fsp3) is 0.214. The van der Waals surface area contributed by atoms with Crippen molar-refractivity contribution in [3.63, 3.8) is 0 Å². The number of Topliss-reactive ketones (excluding diaryl/α,β-unsaturated/α-hetero) is 1. The van der Waals surface area contributed by atoms with Gasteiger partial charge in [0.2, 0.25) is 0 Å².